The molecule has 0 aromatic carbocycles. The first kappa shape index (κ1) is 12.8. The lowest BCUT2D eigenvalue weighted by Gasteiger charge is -2.20. The maximum Gasteiger partial charge on any atom is 0.270 e. The molecule has 0 saturated carbocycles. The average Bonchev–Trinajstić information content (AvgIpc) is 2.63. The van der Waals surface area contributed by atoms with Crippen molar-refractivity contribution in [3.63, 3.8) is 0 Å². The van der Waals surface area contributed by atoms with Gasteiger partial charge in [-0.1, -0.05) is 0 Å². The van der Waals surface area contributed by atoms with Crippen molar-refractivity contribution in [2.45, 2.75) is 32.9 Å². The second kappa shape index (κ2) is 5.16. The number of nitrogens with zero attached hydrogens (tertiary/aromatic N) is 2. The van der Waals surface area contributed by atoms with Crippen LogP contribution in [0.15, 0.2) is 18.3 Å². The highest BCUT2D eigenvalue weighted by Crippen LogP contribution is 2.12. The van der Waals surface area contributed by atoms with Gasteiger partial charge in [-0.25, -0.2) is 0 Å². The Kier molecular flexibility index (Phi) is 4.12. The van der Waals surface area contributed by atoms with Crippen molar-refractivity contribution in [2.75, 3.05) is 13.6 Å². The maximum atomic E-state index is 12.1. The lowest BCUT2D eigenvalue weighted by molar-refractivity contribution is 0.0692. The van der Waals surface area contributed by atoms with Crippen LogP contribution in [0.4, 0.5) is 0 Å². The molecule has 0 saturated heterocycles. The zero-order chi connectivity index (χ0) is 12.3. The summed E-state index contributed by atoms with van der Waals surface area (Å²) in [6.07, 6.45) is 1.39. The predicted molar refractivity (Wildman–Crippen MR) is 63.5 cm³/mol. The summed E-state index contributed by atoms with van der Waals surface area (Å²) >= 11 is 0. The van der Waals surface area contributed by atoms with Crippen molar-refractivity contribution >= 4 is 5.91 Å². The minimum absolute atomic E-state index is 0.0559. The molecule has 0 spiro atoms. The van der Waals surface area contributed by atoms with Crippen LogP contribution < -0.4 is 0 Å². The molecule has 1 heterocycles. The Labute approximate surface area is 96.5 Å². The molecule has 0 aliphatic carbocycles. The second-order valence-electron chi connectivity index (χ2n) is 4.43. The van der Waals surface area contributed by atoms with E-state index in [1.54, 1.807) is 24.9 Å². The van der Waals surface area contributed by atoms with Crippen molar-refractivity contribution in [3.8, 4) is 0 Å². The smallest absolute Gasteiger partial charge is 0.270 e. The third kappa shape index (κ3) is 2.85. The van der Waals surface area contributed by atoms with Gasteiger partial charge in [-0.05, 0) is 32.9 Å². The lowest BCUT2D eigenvalue weighted by atomic mass is 10.3. The molecule has 0 radical (unpaired) electrons. The lowest BCUT2D eigenvalue weighted by Crippen LogP contribution is -2.34. The third-order valence-corrected chi connectivity index (χ3v) is 2.44. The van der Waals surface area contributed by atoms with Gasteiger partial charge in [-0.2, -0.15) is 0 Å². The Morgan fingerprint density at radius 3 is 2.62 bits per heavy atom. The van der Waals surface area contributed by atoms with Gasteiger partial charge in [0.1, 0.15) is 5.69 Å². The summed E-state index contributed by atoms with van der Waals surface area (Å²) in [5.41, 5.74) is 0.665. The average molecular weight is 224 g/mol. The fraction of sp³-hybridized carbons (Fsp3) is 0.583. The number of aliphatic hydroxyl groups excluding tert-OH is 1. The number of carbonyl (C=O) groups excluding carboxylic acids is 1. The van der Waals surface area contributed by atoms with Gasteiger partial charge in [0.15, 0.2) is 0 Å². The van der Waals surface area contributed by atoms with Gasteiger partial charge in [0.25, 0.3) is 5.91 Å². The summed E-state index contributed by atoms with van der Waals surface area (Å²) in [5.74, 6) is -0.0559. The summed E-state index contributed by atoms with van der Waals surface area (Å²) < 4.78 is 1.93. The van der Waals surface area contributed by atoms with E-state index >= 15 is 0 Å². The Morgan fingerprint density at radius 1 is 1.50 bits per heavy atom. The molecular weight excluding hydrogens is 204 g/mol. The first-order valence-corrected chi connectivity index (χ1v) is 5.54. The van der Waals surface area contributed by atoms with Crippen LogP contribution in [-0.4, -0.2) is 40.2 Å². The van der Waals surface area contributed by atoms with Crippen LogP contribution in [0, 0.1) is 0 Å². The number of rotatable bonds is 4. The zero-order valence-electron chi connectivity index (χ0n) is 10.3. The Balaban J connectivity index is 2.83. The summed E-state index contributed by atoms with van der Waals surface area (Å²) in [6, 6.07) is 3.93. The number of aliphatic hydroxyl groups is 1. The number of amides is 1. The third-order valence-electron chi connectivity index (χ3n) is 2.44. The number of likely N-dealkylation sites (N-methyl/N-ethyl adjacent to an activating group) is 1. The van der Waals surface area contributed by atoms with E-state index in [1.807, 2.05) is 30.7 Å². The zero-order valence-corrected chi connectivity index (χ0v) is 10.3. The molecule has 16 heavy (non-hydrogen) atoms. The topological polar surface area (TPSA) is 45.5 Å². The number of carbonyl (C=O) groups is 1. The van der Waals surface area contributed by atoms with Gasteiger partial charge < -0.3 is 14.6 Å². The molecule has 0 aliphatic rings. The molecule has 4 heteroatoms. The number of aromatic nitrogens is 1. The molecule has 1 unspecified atom stereocenters. The van der Waals surface area contributed by atoms with E-state index in [9.17, 15) is 9.90 Å². The Morgan fingerprint density at radius 2 is 2.12 bits per heavy atom. The Hall–Kier alpha value is -1.29. The predicted octanol–water partition coefficient (Wildman–Crippen LogP) is 1.52. The van der Waals surface area contributed by atoms with Crippen molar-refractivity contribution in [1.29, 1.82) is 0 Å². The van der Waals surface area contributed by atoms with Gasteiger partial charge in [0.2, 0.25) is 0 Å². The summed E-state index contributed by atoms with van der Waals surface area (Å²) in [6.45, 7) is 6.09. The van der Waals surface area contributed by atoms with Crippen LogP contribution >= 0.6 is 0 Å². The number of hydrogen-bond acceptors (Lipinski definition) is 2. The molecule has 1 aromatic rings. The minimum atomic E-state index is -0.503. The van der Waals surface area contributed by atoms with Gasteiger partial charge in [0, 0.05) is 25.8 Å². The summed E-state index contributed by atoms with van der Waals surface area (Å²) in [4.78, 5) is 13.6. The van der Waals surface area contributed by atoms with E-state index in [0.29, 0.717) is 12.2 Å². The molecule has 0 fully saturated rings. The van der Waals surface area contributed by atoms with E-state index in [0.717, 1.165) is 0 Å². The van der Waals surface area contributed by atoms with E-state index in [-0.39, 0.29) is 11.9 Å². The van der Waals surface area contributed by atoms with Gasteiger partial charge in [0.05, 0.1) is 6.10 Å². The van der Waals surface area contributed by atoms with Crippen LogP contribution in [0.2, 0.25) is 0 Å². The van der Waals surface area contributed by atoms with Crippen LogP contribution in [0.3, 0.4) is 0 Å². The normalized spacial score (nSPS) is 12.9. The molecule has 90 valence electrons. The fourth-order valence-electron chi connectivity index (χ4n) is 1.70. The van der Waals surface area contributed by atoms with Crippen LogP contribution in [0.5, 0.6) is 0 Å². The molecular formula is C12H20N2O2. The van der Waals surface area contributed by atoms with Crippen molar-refractivity contribution in [1.82, 2.24) is 9.47 Å². The molecule has 1 aromatic heterocycles. The highest BCUT2D eigenvalue weighted by atomic mass is 16.3. The van der Waals surface area contributed by atoms with Crippen LogP contribution in [0.25, 0.3) is 0 Å². The SMILES string of the molecule is CC(O)CN(C)C(=O)c1cccn1C(C)C. The highest BCUT2D eigenvalue weighted by Gasteiger charge is 2.17. The summed E-state index contributed by atoms with van der Waals surface area (Å²) in [7, 11) is 1.70. The van der Waals surface area contributed by atoms with E-state index < -0.39 is 6.10 Å². The minimum Gasteiger partial charge on any atom is -0.392 e. The van der Waals surface area contributed by atoms with E-state index in [2.05, 4.69) is 0 Å². The van der Waals surface area contributed by atoms with Crippen LogP contribution in [0.1, 0.15) is 37.3 Å². The first-order valence-electron chi connectivity index (χ1n) is 5.54. The second-order valence-corrected chi connectivity index (χ2v) is 4.43. The quantitative estimate of drug-likeness (QED) is 0.842. The summed E-state index contributed by atoms with van der Waals surface area (Å²) in [5, 5.41) is 9.25. The standard InChI is InChI=1S/C12H20N2O2/c1-9(2)14-7-5-6-11(14)12(16)13(4)8-10(3)15/h5-7,9-10,15H,8H2,1-4H3. The fourth-order valence-corrected chi connectivity index (χ4v) is 1.70. The van der Waals surface area contributed by atoms with Crippen molar-refractivity contribution < 1.29 is 9.90 Å². The molecule has 1 rings (SSSR count). The molecule has 0 aliphatic heterocycles. The monoisotopic (exact) mass is 224 g/mol. The first-order chi connectivity index (χ1) is 7.43. The largest absolute Gasteiger partial charge is 0.392 e. The molecule has 1 amide bonds. The van der Waals surface area contributed by atoms with Crippen molar-refractivity contribution in [2.24, 2.45) is 0 Å². The van der Waals surface area contributed by atoms with E-state index in [1.165, 1.54) is 0 Å². The highest BCUT2D eigenvalue weighted by molar-refractivity contribution is 5.92. The molecule has 4 nitrogen and oxygen atoms in total. The molecule has 0 bridgehead atoms. The van der Waals surface area contributed by atoms with Gasteiger partial charge in [-0.3, -0.25) is 4.79 Å². The van der Waals surface area contributed by atoms with E-state index in [4.69, 9.17) is 0 Å². The number of hydrogen-bond donors (Lipinski definition) is 1. The molecule has 1 atom stereocenters. The Bertz CT molecular complexity index is 356. The van der Waals surface area contributed by atoms with Gasteiger partial charge >= 0.3 is 0 Å². The van der Waals surface area contributed by atoms with Crippen molar-refractivity contribution in [3.05, 3.63) is 24.0 Å². The van der Waals surface area contributed by atoms with Gasteiger partial charge in [-0.15, -0.1) is 0 Å². The maximum absolute atomic E-state index is 12.1. The van der Waals surface area contributed by atoms with Crippen LogP contribution in [-0.2, 0) is 0 Å². The molecule has 1 N–H and O–H groups in total.